The Bertz CT molecular complexity index is 1050. The first-order valence-corrected chi connectivity index (χ1v) is 11.8. The van der Waals surface area contributed by atoms with Gasteiger partial charge in [0.05, 0.1) is 12.7 Å². The van der Waals surface area contributed by atoms with Crippen LogP contribution in [0.25, 0.3) is 0 Å². The molecule has 1 aliphatic heterocycles. The minimum Gasteiger partial charge on any atom is -0.496 e. The zero-order valence-electron chi connectivity index (χ0n) is 20.3. The Morgan fingerprint density at radius 1 is 1.14 bits per heavy atom. The van der Waals surface area contributed by atoms with Crippen molar-refractivity contribution in [1.82, 2.24) is 15.5 Å². The van der Waals surface area contributed by atoms with Gasteiger partial charge in [-0.2, -0.15) is 0 Å². The van der Waals surface area contributed by atoms with E-state index in [9.17, 15) is 18.8 Å². The van der Waals surface area contributed by atoms with Crippen LogP contribution < -0.4 is 20.7 Å². The largest absolute Gasteiger partial charge is 0.496 e. The average Bonchev–Trinajstić information content (AvgIpc) is 2.85. The van der Waals surface area contributed by atoms with Gasteiger partial charge >= 0.3 is 6.03 Å². The highest BCUT2D eigenvalue weighted by atomic mass is 19.1. The number of benzene rings is 2. The van der Waals surface area contributed by atoms with Gasteiger partial charge in [-0.15, -0.1) is 0 Å². The maximum Gasteiger partial charge on any atom is 0.319 e. The number of urea groups is 1. The molecule has 2 atom stereocenters. The summed E-state index contributed by atoms with van der Waals surface area (Å²) >= 11 is 0. The Morgan fingerprint density at radius 2 is 1.91 bits per heavy atom. The fraction of sp³-hybridized carbons (Fsp3) is 0.423. The van der Waals surface area contributed by atoms with Gasteiger partial charge in [0, 0.05) is 25.3 Å². The molecule has 0 saturated carbocycles. The summed E-state index contributed by atoms with van der Waals surface area (Å²) in [5.41, 5.74) is 0.743. The van der Waals surface area contributed by atoms with Gasteiger partial charge in [0.15, 0.2) is 0 Å². The third kappa shape index (κ3) is 7.18. The lowest BCUT2D eigenvalue weighted by Crippen LogP contribution is -2.54. The summed E-state index contributed by atoms with van der Waals surface area (Å²) in [7, 11) is 1.50. The molecule has 35 heavy (non-hydrogen) atoms. The first-order valence-electron chi connectivity index (χ1n) is 11.8. The van der Waals surface area contributed by atoms with Gasteiger partial charge in [0.2, 0.25) is 5.91 Å². The first-order chi connectivity index (χ1) is 16.8. The third-order valence-electron chi connectivity index (χ3n) is 6.04. The van der Waals surface area contributed by atoms with Gasteiger partial charge in [-0.05, 0) is 55.0 Å². The van der Waals surface area contributed by atoms with Crippen molar-refractivity contribution >= 4 is 23.5 Å². The van der Waals surface area contributed by atoms with E-state index in [0.717, 1.165) is 12.8 Å². The highest BCUT2D eigenvalue weighted by molar-refractivity contribution is 5.99. The number of anilines is 1. The van der Waals surface area contributed by atoms with Gasteiger partial charge in [0.25, 0.3) is 5.91 Å². The number of hydrogen-bond acceptors (Lipinski definition) is 4. The molecule has 2 aromatic rings. The third-order valence-corrected chi connectivity index (χ3v) is 6.04. The molecule has 1 saturated heterocycles. The number of nitrogens with one attached hydrogen (secondary N) is 3. The van der Waals surface area contributed by atoms with Crippen LogP contribution in [0.4, 0.5) is 14.9 Å². The maximum atomic E-state index is 13.4. The SMILES string of the molecule is COc1ccccc1C(=O)NC(C(=O)N1CCCC(CNC(=O)Nc2cccc(F)c2)C1)C(C)C. The quantitative estimate of drug-likeness (QED) is 0.533. The molecule has 1 fully saturated rings. The number of rotatable bonds is 8. The Hall–Kier alpha value is -3.62. The normalized spacial score (nSPS) is 16.4. The molecule has 1 aliphatic rings. The van der Waals surface area contributed by atoms with Crippen molar-refractivity contribution < 1.29 is 23.5 Å². The van der Waals surface area contributed by atoms with Crippen molar-refractivity contribution in [2.75, 3.05) is 32.1 Å². The van der Waals surface area contributed by atoms with Crippen LogP contribution in [0.5, 0.6) is 5.75 Å². The predicted octanol–water partition coefficient (Wildman–Crippen LogP) is 3.65. The number of carbonyl (C=O) groups is 3. The lowest BCUT2D eigenvalue weighted by atomic mass is 9.95. The molecule has 0 aromatic heterocycles. The van der Waals surface area contributed by atoms with Crippen LogP contribution in [-0.2, 0) is 4.79 Å². The van der Waals surface area contributed by atoms with Gasteiger partial charge in [0.1, 0.15) is 17.6 Å². The summed E-state index contributed by atoms with van der Waals surface area (Å²) < 4.78 is 18.6. The average molecular weight is 485 g/mol. The molecule has 1 heterocycles. The van der Waals surface area contributed by atoms with Gasteiger partial charge in [-0.1, -0.05) is 32.0 Å². The summed E-state index contributed by atoms with van der Waals surface area (Å²) in [5.74, 6) is -0.529. The van der Waals surface area contributed by atoms with E-state index in [4.69, 9.17) is 4.74 Å². The number of likely N-dealkylation sites (tertiary alicyclic amines) is 1. The summed E-state index contributed by atoms with van der Waals surface area (Å²) in [5, 5.41) is 8.29. The standard InChI is InChI=1S/C26H33FN4O4/c1-17(2)23(30-24(32)21-11-4-5-12-22(21)35-3)25(33)31-13-7-8-18(16-31)15-28-26(34)29-20-10-6-9-19(27)14-20/h4-6,9-12,14,17-18,23H,7-8,13,15-16H2,1-3H3,(H,30,32)(H2,28,29,34). The number of nitrogens with zero attached hydrogens (tertiary/aromatic N) is 1. The molecular weight excluding hydrogens is 451 g/mol. The number of halogens is 1. The molecule has 2 unspecified atom stereocenters. The zero-order valence-corrected chi connectivity index (χ0v) is 20.3. The number of carbonyl (C=O) groups excluding carboxylic acids is 3. The number of piperidine rings is 1. The van der Waals surface area contributed by atoms with Crippen molar-refractivity contribution in [3.63, 3.8) is 0 Å². The van der Waals surface area contributed by atoms with E-state index in [-0.39, 0.29) is 23.7 Å². The summed E-state index contributed by atoms with van der Waals surface area (Å²) in [6, 6.07) is 11.4. The van der Waals surface area contributed by atoms with Crippen molar-refractivity contribution in [1.29, 1.82) is 0 Å². The van der Waals surface area contributed by atoms with Crippen molar-refractivity contribution in [3.05, 3.63) is 59.9 Å². The van der Waals surface area contributed by atoms with E-state index >= 15 is 0 Å². The Balaban J connectivity index is 1.57. The van der Waals surface area contributed by atoms with E-state index in [1.165, 1.54) is 25.3 Å². The van der Waals surface area contributed by atoms with Gasteiger partial charge in [-0.25, -0.2) is 9.18 Å². The lowest BCUT2D eigenvalue weighted by molar-refractivity contribution is -0.136. The number of hydrogen-bond donors (Lipinski definition) is 3. The van der Waals surface area contributed by atoms with Crippen molar-refractivity contribution in [2.45, 2.75) is 32.7 Å². The number of para-hydroxylation sites is 1. The highest BCUT2D eigenvalue weighted by Gasteiger charge is 2.32. The molecule has 188 valence electrons. The monoisotopic (exact) mass is 484 g/mol. The van der Waals surface area contributed by atoms with Crippen LogP contribution >= 0.6 is 0 Å². The Morgan fingerprint density at radius 3 is 2.63 bits per heavy atom. The lowest BCUT2D eigenvalue weighted by Gasteiger charge is -2.36. The highest BCUT2D eigenvalue weighted by Crippen LogP contribution is 2.21. The molecular formula is C26H33FN4O4. The van der Waals surface area contributed by atoms with Crippen LogP contribution in [-0.4, -0.2) is 55.5 Å². The van der Waals surface area contributed by atoms with Crippen LogP contribution in [0.1, 0.15) is 37.0 Å². The van der Waals surface area contributed by atoms with Gasteiger partial charge < -0.3 is 25.6 Å². The first kappa shape index (κ1) is 26.0. The fourth-order valence-corrected chi connectivity index (χ4v) is 4.17. The van der Waals surface area contributed by atoms with E-state index < -0.39 is 17.9 Å². The van der Waals surface area contributed by atoms with Crippen LogP contribution in [0.3, 0.4) is 0 Å². The van der Waals surface area contributed by atoms with Crippen LogP contribution in [0.2, 0.25) is 0 Å². The number of methoxy groups -OCH3 is 1. The van der Waals surface area contributed by atoms with Crippen LogP contribution in [0.15, 0.2) is 48.5 Å². The minimum atomic E-state index is -0.685. The van der Waals surface area contributed by atoms with Crippen LogP contribution in [0, 0.1) is 17.7 Å². The molecule has 3 N–H and O–H groups in total. The molecule has 0 radical (unpaired) electrons. The molecule has 9 heteroatoms. The molecule has 2 aromatic carbocycles. The summed E-state index contributed by atoms with van der Waals surface area (Å²) in [4.78, 5) is 40.2. The molecule has 3 rings (SSSR count). The van der Waals surface area contributed by atoms with E-state index in [1.54, 1.807) is 35.2 Å². The van der Waals surface area contributed by atoms with Gasteiger partial charge in [-0.3, -0.25) is 9.59 Å². The topological polar surface area (TPSA) is 99.8 Å². The molecule has 0 aliphatic carbocycles. The second-order valence-electron chi connectivity index (χ2n) is 9.03. The molecule has 4 amide bonds. The molecule has 0 spiro atoms. The number of amides is 4. The second-order valence-corrected chi connectivity index (χ2v) is 9.03. The van der Waals surface area contributed by atoms with E-state index in [1.807, 2.05) is 13.8 Å². The smallest absolute Gasteiger partial charge is 0.319 e. The maximum absolute atomic E-state index is 13.4. The van der Waals surface area contributed by atoms with Crippen molar-refractivity contribution in [2.24, 2.45) is 11.8 Å². The molecule has 0 bridgehead atoms. The zero-order chi connectivity index (χ0) is 25.4. The molecule has 8 nitrogen and oxygen atoms in total. The second kappa shape index (κ2) is 12.2. The summed E-state index contributed by atoms with van der Waals surface area (Å²) in [6.45, 7) is 5.24. The Labute approximate surface area is 205 Å². The predicted molar refractivity (Wildman–Crippen MR) is 132 cm³/mol. The fourth-order valence-electron chi connectivity index (χ4n) is 4.17. The van der Waals surface area contributed by atoms with Crippen molar-refractivity contribution in [3.8, 4) is 5.75 Å². The number of ether oxygens (including phenoxy) is 1. The minimum absolute atomic E-state index is 0.0729. The van der Waals surface area contributed by atoms with E-state index in [2.05, 4.69) is 16.0 Å². The van der Waals surface area contributed by atoms with E-state index in [0.29, 0.717) is 36.6 Å². The Kier molecular flexibility index (Phi) is 9.05. The summed E-state index contributed by atoms with van der Waals surface area (Å²) in [6.07, 6.45) is 1.67.